The van der Waals surface area contributed by atoms with Gasteiger partial charge in [0.15, 0.2) is 0 Å². The highest BCUT2D eigenvalue weighted by Crippen LogP contribution is 1.84. The second-order valence-corrected chi connectivity index (χ2v) is 2.38. The first-order chi connectivity index (χ1) is 6.04. The number of aliphatic carboxylic acids is 1. The van der Waals surface area contributed by atoms with Crippen LogP contribution in [-0.2, 0) is 4.79 Å². The highest BCUT2D eigenvalue weighted by atomic mass is 16.4. The molecule has 0 aliphatic heterocycles. The van der Waals surface area contributed by atoms with Crippen LogP contribution in [0.2, 0.25) is 0 Å². The molecule has 0 rings (SSSR count). The maximum absolute atomic E-state index is 10.2. The molecule has 2 amide bonds. The van der Waals surface area contributed by atoms with Crippen molar-refractivity contribution in [2.75, 3.05) is 19.6 Å². The summed E-state index contributed by atoms with van der Waals surface area (Å²) >= 11 is 0. The van der Waals surface area contributed by atoms with Crippen molar-refractivity contribution in [3.63, 3.8) is 0 Å². The first kappa shape index (κ1) is 11.4. The number of carbonyl (C=O) groups is 2. The number of hydrogen-bond donors (Lipinski definition) is 4. The standard InChI is InChI=1S/C7H13N3O3/c1-5(6(11)12)4-9-2-3-10-7(8)13/h9H,1-4H2,(H,11,12)(H3,8,10,13). The van der Waals surface area contributed by atoms with Gasteiger partial charge in [-0.3, -0.25) is 0 Å². The van der Waals surface area contributed by atoms with E-state index in [0.29, 0.717) is 13.1 Å². The molecule has 0 aromatic heterocycles. The molecular weight excluding hydrogens is 174 g/mol. The van der Waals surface area contributed by atoms with Gasteiger partial charge in [-0.05, 0) is 0 Å². The Kier molecular flexibility index (Phi) is 5.29. The van der Waals surface area contributed by atoms with Gasteiger partial charge in [0.25, 0.3) is 0 Å². The minimum Gasteiger partial charge on any atom is -0.478 e. The highest BCUT2D eigenvalue weighted by molar-refractivity contribution is 5.86. The molecule has 0 aliphatic carbocycles. The first-order valence-electron chi connectivity index (χ1n) is 3.69. The van der Waals surface area contributed by atoms with Crippen LogP contribution in [-0.4, -0.2) is 36.7 Å². The lowest BCUT2D eigenvalue weighted by atomic mass is 10.3. The molecule has 0 aromatic carbocycles. The van der Waals surface area contributed by atoms with Gasteiger partial charge in [0.2, 0.25) is 0 Å². The van der Waals surface area contributed by atoms with Crippen LogP contribution >= 0.6 is 0 Å². The van der Waals surface area contributed by atoms with Gasteiger partial charge in [-0.1, -0.05) is 6.58 Å². The monoisotopic (exact) mass is 187 g/mol. The maximum Gasteiger partial charge on any atom is 0.332 e. The third kappa shape index (κ3) is 6.82. The summed E-state index contributed by atoms with van der Waals surface area (Å²) < 4.78 is 0. The summed E-state index contributed by atoms with van der Waals surface area (Å²) in [4.78, 5) is 20.4. The average Bonchev–Trinajstić information content (AvgIpc) is 2.02. The molecule has 5 N–H and O–H groups in total. The van der Waals surface area contributed by atoms with E-state index >= 15 is 0 Å². The third-order valence-corrected chi connectivity index (χ3v) is 1.24. The summed E-state index contributed by atoms with van der Waals surface area (Å²) in [6.07, 6.45) is 0. The summed E-state index contributed by atoms with van der Waals surface area (Å²) in [5.41, 5.74) is 4.88. The Bertz CT molecular complexity index is 215. The molecule has 0 bridgehead atoms. The number of carboxylic acid groups (broad SMARTS) is 1. The van der Waals surface area contributed by atoms with Crippen LogP contribution in [0.4, 0.5) is 4.79 Å². The zero-order valence-corrected chi connectivity index (χ0v) is 7.17. The highest BCUT2D eigenvalue weighted by Gasteiger charge is 2.01. The van der Waals surface area contributed by atoms with E-state index in [1.165, 1.54) is 0 Å². The van der Waals surface area contributed by atoms with E-state index < -0.39 is 12.0 Å². The minimum atomic E-state index is -1.03. The van der Waals surface area contributed by atoms with Gasteiger partial charge >= 0.3 is 12.0 Å². The quantitative estimate of drug-likeness (QED) is 0.312. The van der Waals surface area contributed by atoms with Crippen LogP contribution in [0.5, 0.6) is 0 Å². The Hall–Kier alpha value is -1.56. The molecule has 0 fully saturated rings. The van der Waals surface area contributed by atoms with Crippen LogP contribution in [0, 0.1) is 0 Å². The fourth-order valence-corrected chi connectivity index (χ4v) is 0.589. The molecule has 74 valence electrons. The Morgan fingerprint density at radius 1 is 1.38 bits per heavy atom. The summed E-state index contributed by atoms with van der Waals surface area (Å²) in [7, 11) is 0. The number of urea groups is 1. The van der Waals surface area contributed by atoms with Crippen molar-refractivity contribution in [2.24, 2.45) is 5.73 Å². The minimum absolute atomic E-state index is 0.0825. The predicted molar refractivity (Wildman–Crippen MR) is 47.2 cm³/mol. The lowest BCUT2D eigenvalue weighted by Crippen LogP contribution is -2.36. The Morgan fingerprint density at radius 2 is 2.00 bits per heavy atom. The van der Waals surface area contributed by atoms with Crippen molar-refractivity contribution >= 4 is 12.0 Å². The van der Waals surface area contributed by atoms with Crippen LogP contribution in [0.1, 0.15) is 0 Å². The number of hydrogen-bond acceptors (Lipinski definition) is 3. The lowest BCUT2D eigenvalue weighted by Gasteiger charge is -2.04. The van der Waals surface area contributed by atoms with Gasteiger partial charge in [0.05, 0.1) is 0 Å². The summed E-state index contributed by atoms with van der Waals surface area (Å²) in [6, 6.07) is -0.598. The number of carboxylic acids is 1. The smallest absolute Gasteiger partial charge is 0.332 e. The number of nitrogens with two attached hydrogens (primary N) is 1. The van der Waals surface area contributed by atoms with E-state index in [1.807, 2.05) is 0 Å². The fraction of sp³-hybridized carbons (Fsp3) is 0.429. The third-order valence-electron chi connectivity index (χ3n) is 1.24. The number of nitrogens with one attached hydrogen (secondary N) is 2. The maximum atomic E-state index is 10.2. The predicted octanol–water partition coefficient (Wildman–Crippen LogP) is -1.11. The van der Waals surface area contributed by atoms with E-state index in [1.54, 1.807) is 0 Å². The van der Waals surface area contributed by atoms with Gasteiger partial charge < -0.3 is 21.5 Å². The van der Waals surface area contributed by atoms with Crippen molar-refractivity contribution in [3.05, 3.63) is 12.2 Å². The Balaban J connectivity index is 3.31. The van der Waals surface area contributed by atoms with Crippen molar-refractivity contribution in [1.82, 2.24) is 10.6 Å². The van der Waals surface area contributed by atoms with Crippen LogP contribution < -0.4 is 16.4 Å². The molecule has 0 radical (unpaired) electrons. The van der Waals surface area contributed by atoms with Gasteiger partial charge in [-0.2, -0.15) is 0 Å². The molecular formula is C7H13N3O3. The SMILES string of the molecule is C=C(CNCCNC(N)=O)C(=O)O. The van der Waals surface area contributed by atoms with Crippen molar-refractivity contribution in [2.45, 2.75) is 0 Å². The molecule has 13 heavy (non-hydrogen) atoms. The number of primary amides is 1. The van der Waals surface area contributed by atoms with Crippen molar-refractivity contribution < 1.29 is 14.7 Å². The van der Waals surface area contributed by atoms with Gasteiger partial charge in [0, 0.05) is 25.2 Å². The van der Waals surface area contributed by atoms with Crippen LogP contribution in [0.15, 0.2) is 12.2 Å². The van der Waals surface area contributed by atoms with Crippen LogP contribution in [0.25, 0.3) is 0 Å². The fourth-order valence-electron chi connectivity index (χ4n) is 0.589. The molecule has 6 heteroatoms. The molecule has 0 saturated heterocycles. The van der Waals surface area contributed by atoms with E-state index in [-0.39, 0.29) is 12.1 Å². The van der Waals surface area contributed by atoms with E-state index in [0.717, 1.165) is 0 Å². The molecule has 0 unspecified atom stereocenters. The Morgan fingerprint density at radius 3 is 2.46 bits per heavy atom. The van der Waals surface area contributed by atoms with Crippen molar-refractivity contribution in [3.8, 4) is 0 Å². The van der Waals surface area contributed by atoms with E-state index in [4.69, 9.17) is 10.8 Å². The molecule has 0 aliphatic rings. The molecule has 6 nitrogen and oxygen atoms in total. The molecule has 0 atom stereocenters. The molecule has 0 aromatic rings. The largest absolute Gasteiger partial charge is 0.478 e. The first-order valence-corrected chi connectivity index (χ1v) is 3.69. The number of rotatable bonds is 6. The lowest BCUT2D eigenvalue weighted by molar-refractivity contribution is -0.132. The second kappa shape index (κ2) is 6.01. The van der Waals surface area contributed by atoms with Crippen molar-refractivity contribution in [1.29, 1.82) is 0 Å². The van der Waals surface area contributed by atoms with Gasteiger partial charge in [0.1, 0.15) is 0 Å². The topological polar surface area (TPSA) is 104 Å². The summed E-state index contributed by atoms with van der Waals surface area (Å²) in [5.74, 6) is -1.03. The average molecular weight is 187 g/mol. The zero-order chi connectivity index (χ0) is 10.3. The molecule has 0 spiro atoms. The Labute approximate surface area is 75.8 Å². The molecule has 0 saturated carbocycles. The normalized spacial score (nSPS) is 9.23. The summed E-state index contributed by atoms with van der Waals surface area (Å²) in [6.45, 7) is 4.32. The second-order valence-electron chi connectivity index (χ2n) is 2.38. The van der Waals surface area contributed by atoms with Crippen LogP contribution in [0.3, 0.4) is 0 Å². The van der Waals surface area contributed by atoms with Gasteiger partial charge in [-0.25, -0.2) is 9.59 Å². The number of carbonyl (C=O) groups excluding carboxylic acids is 1. The summed E-state index contributed by atoms with van der Waals surface area (Å²) in [5, 5.41) is 13.5. The van der Waals surface area contributed by atoms with E-state index in [2.05, 4.69) is 17.2 Å². The number of amides is 2. The van der Waals surface area contributed by atoms with E-state index in [9.17, 15) is 9.59 Å². The van der Waals surface area contributed by atoms with Gasteiger partial charge in [-0.15, -0.1) is 0 Å². The molecule has 0 heterocycles. The zero-order valence-electron chi connectivity index (χ0n) is 7.17.